The molecule has 34 heavy (non-hydrogen) atoms. The first-order valence-corrected chi connectivity index (χ1v) is 11.9. The highest BCUT2D eigenvalue weighted by atomic mass is 16.2. The molecule has 1 aromatic heterocycles. The number of amides is 3. The lowest BCUT2D eigenvalue weighted by molar-refractivity contribution is -0.127. The first-order valence-electron chi connectivity index (χ1n) is 11.9. The normalized spacial score (nSPS) is 16.1. The molecule has 3 heterocycles. The molecule has 3 N–H and O–H groups in total. The molecule has 9 heteroatoms. The van der Waals surface area contributed by atoms with Crippen molar-refractivity contribution in [3.05, 3.63) is 53.2 Å². The Morgan fingerprint density at radius 3 is 2.53 bits per heavy atom. The van der Waals surface area contributed by atoms with Crippen LogP contribution in [0, 0.1) is 6.92 Å². The highest BCUT2D eigenvalue weighted by molar-refractivity contribution is 6.03. The van der Waals surface area contributed by atoms with E-state index in [1.54, 1.807) is 24.4 Å². The van der Waals surface area contributed by atoms with E-state index in [1.165, 1.54) is 0 Å². The summed E-state index contributed by atoms with van der Waals surface area (Å²) < 4.78 is 0. The van der Waals surface area contributed by atoms with Gasteiger partial charge in [-0.25, -0.2) is 4.98 Å². The number of nitrogens with zero attached hydrogens (tertiary/aromatic N) is 4. The number of primary amides is 1. The highest BCUT2D eigenvalue weighted by Crippen LogP contribution is 2.25. The van der Waals surface area contributed by atoms with Crippen LogP contribution in [0.4, 0.5) is 11.5 Å². The second-order valence-electron chi connectivity index (χ2n) is 8.81. The molecule has 180 valence electrons. The van der Waals surface area contributed by atoms with Crippen molar-refractivity contribution in [3.63, 3.8) is 0 Å². The van der Waals surface area contributed by atoms with Gasteiger partial charge in [-0.1, -0.05) is 6.07 Å². The molecule has 2 fully saturated rings. The monoisotopic (exact) mass is 464 g/mol. The van der Waals surface area contributed by atoms with Gasteiger partial charge in [0.1, 0.15) is 5.82 Å². The smallest absolute Gasteiger partial charge is 0.251 e. The number of carbonyl (C=O) groups is 3. The lowest BCUT2D eigenvalue weighted by Gasteiger charge is -2.37. The fraction of sp³-hybridized carbons (Fsp3) is 0.440. The van der Waals surface area contributed by atoms with Crippen LogP contribution < -0.4 is 20.9 Å². The molecule has 0 aliphatic carbocycles. The number of rotatable bonds is 8. The molecule has 9 nitrogen and oxygen atoms in total. The Hall–Kier alpha value is -3.62. The van der Waals surface area contributed by atoms with Crippen molar-refractivity contribution in [2.24, 2.45) is 5.73 Å². The van der Waals surface area contributed by atoms with Crippen LogP contribution in [0.2, 0.25) is 0 Å². The maximum Gasteiger partial charge on any atom is 0.251 e. The van der Waals surface area contributed by atoms with Gasteiger partial charge in [-0.3, -0.25) is 14.4 Å². The Morgan fingerprint density at radius 2 is 1.85 bits per heavy atom. The molecule has 2 saturated heterocycles. The van der Waals surface area contributed by atoms with Gasteiger partial charge >= 0.3 is 0 Å². The molecule has 0 unspecified atom stereocenters. The van der Waals surface area contributed by atoms with Crippen LogP contribution in [0.5, 0.6) is 0 Å². The zero-order valence-corrected chi connectivity index (χ0v) is 19.6. The largest absolute Gasteiger partial charge is 0.367 e. The highest BCUT2D eigenvalue weighted by Gasteiger charge is 2.23. The lowest BCUT2D eigenvalue weighted by Crippen LogP contribution is -2.47. The predicted molar refractivity (Wildman–Crippen MR) is 131 cm³/mol. The van der Waals surface area contributed by atoms with E-state index >= 15 is 0 Å². The van der Waals surface area contributed by atoms with Crippen molar-refractivity contribution in [3.8, 4) is 0 Å². The van der Waals surface area contributed by atoms with Crippen molar-refractivity contribution < 1.29 is 14.4 Å². The second kappa shape index (κ2) is 10.5. The zero-order valence-electron chi connectivity index (χ0n) is 19.6. The fourth-order valence-electron chi connectivity index (χ4n) is 4.63. The lowest BCUT2D eigenvalue weighted by atomic mass is 10.1. The summed E-state index contributed by atoms with van der Waals surface area (Å²) in [6.07, 6.45) is 4.02. The van der Waals surface area contributed by atoms with E-state index in [4.69, 9.17) is 5.73 Å². The maximum atomic E-state index is 12.6. The molecule has 1 aromatic carbocycles. The third-order valence-corrected chi connectivity index (χ3v) is 6.49. The van der Waals surface area contributed by atoms with Crippen LogP contribution in [0.25, 0.3) is 0 Å². The van der Waals surface area contributed by atoms with Crippen molar-refractivity contribution in [2.45, 2.75) is 26.2 Å². The van der Waals surface area contributed by atoms with Crippen LogP contribution in [0.3, 0.4) is 0 Å². The van der Waals surface area contributed by atoms with Crippen LogP contribution in [0.15, 0.2) is 36.5 Å². The molecule has 0 spiro atoms. The van der Waals surface area contributed by atoms with Gasteiger partial charge in [0, 0.05) is 69.7 Å². The van der Waals surface area contributed by atoms with Crippen LogP contribution in [-0.2, 0) is 4.79 Å². The minimum atomic E-state index is -0.555. The van der Waals surface area contributed by atoms with E-state index < -0.39 is 5.91 Å². The van der Waals surface area contributed by atoms with E-state index in [1.807, 2.05) is 11.0 Å². The summed E-state index contributed by atoms with van der Waals surface area (Å²) >= 11 is 0. The van der Waals surface area contributed by atoms with Crippen LogP contribution >= 0.6 is 0 Å². The summed E-state index contributed by atoms with van der Waals surface area (Å²) in [5.74, 6) is 0.361. The number of nitrogens with one attached hydrogen (secondary N) is 1. The molecular weight excluding hydrogens is 432 g/mol. The van der Waals surface area contributed by atoms with Gasteiger partial charge in [0.2, 0.25) is 5.91 Å². The quantitative estimate of drug-likeness (QED) is 0.574. The number of carbonyl (C=O) groups excluding carboxylic acids is 3. The summed E-state index contributed by atoms with van der Waals surface area (Å²) in [7, 11) is 0. The van der Waals surface area contributed by atoms with E-state index in [2.05, 4.69) is 33.1 Å². The van der Waals surface area contributed by atoms with Gasteiger partial charge in [0.25, 0.3) is 11.8 Å². The van der Waals surface area contributed by atoms with Gasteiger partial charge in [0.05, 0.1) is 5.56 Å². The van der Waals surface area contributed by atoms with Crippen molar-refractivity contribution in [1.29, 1.82) is 0 Å². The number of likely N-dealkylation sites (tertiary alicyclic amines) is 1. The second-order valence-corrected chi connectivity index (χ2v) is 8.81. The van der Waals surface area contributed by atoms with Gasteiger partial charge in [-0.05, 0) is 49.6 Å². The summed E-state index contributed by atoms with van der Waals surface area (Å²) in [5.41, 5.74) is 8.30. The Balaban J connectivity index is 1.36. The molecular formula is C25H32N6O3. The number of aromatic nitrogens is 1. The number of anilines is 2. The number of nitrogens with two attached hydrogens (primary N) is 1. The first-order chi connectivity index (χ1) is 16.4. The van der Waals surface area contributed by atoms with Crippen molar-refractivity contribution in [2.75, 3.05) is 55.6 Å². The standard InChI is InChI=1S/C25H32N6O3/c1-18-5-2-9-27-24(18)31-15-13-29(14-16-31)21-8-7-19(17-20(21)23(26)33)25(34)28-10-4-12-30-11-3-6-22(30)32/h2,5,7-9,17H,3-4,6,10-16H2,1H3,(H2,26,33)(H,28,34). The Labute approximate surface area is 199 Å². The van der Waals surface area contributed by atoms with E-state index in [0.29, 0.717) is 37.1 Å². The van der Waals surface area contributed by atoms with Gasteiger partial charge in [0.15, 0.2) is 0 Å². The van der Waals surface area contributed by atoms with E-state index in [9.17, 15) is 14.4 Å². The maximum absolute atomic E-state index is 12.6. The fourth-order valence-corrected chi connectivity index (χ4v) is 4.63. The molecule has 2 aromatic rings. The Bertz CT molecular complexity index is 1060. The number of piperazine rings is 1. The average Bonchev–Trinajstić information content (AvgIpc) is 3.26. The number of pyridine rings is 1. The van der Waals surface area contributed by atoms with E-state index in [0.717, 1.165) is 56.2 Å². The number of hydrogen-bond acceptors (Lipinski definition) is 6. The SMILES string of the molecule is Cc1cccnc1N1CCN(c2ccc(C(=O)NCCCN3CCCC3=O)cc2C(N)=O)CC1. The summed E-state index contributed by atoms with van der Waals surface area (Å²) in [5, 5.41) is 2.88. The minimum absolute atomic E-state index is 0.184. The van der Waals surface area contributed by atoms with Gasteiger partial charge in [-0.15, -0.1) is 0 Å². The van der Waals surface area contributed by atoms with Crippen LogP contribution in [-0.4, -0.2) is 73.4 Å². The molecule has 0 saturated carbocycles. The van der Waals surface area contributed by atoms with Crippen molar-refractivity contribution >= 4 is 29.2 Å². The minimum Gasteiger partial charge on any atom is -0.367 e. The third-order valence-electron chi connectivity index (χ3n) is 6.49. The van der Waals surface area contributed by atoms with Crippen molar-refractivity contribution in [1.82, 2.24) is 15.2 Å². The van der Waals surface area contributed by atoms with Gasteiger partial charge in [-0.2, -0.15) is 0 Å². The summed E-state index contributed by atoms with van der Waals surface area (Å²) in [6, 6.07) is 9.10. The molecule has 0 bridgehead atoms. The summed E-state index contributed by atoms with van der Waals surface area (Å²) in [6.45, 7) is 6.95. The number of hydrogen-bond donors (Lipinski definition) is 2. The topological polar surface area (TPSA) is 112 Å². The predicted octanol–water partition coefficient (Wildman–Crippen LogP) is 1.56. The number of aryl methyl sites for hydroxylation is 1. The molecule has 0 atom stereocenters. The molecule has 3 amide bonds. The van der Waals surface area contributed by atoms with Gasteiger partial charge < -0.3 is 25.8 Å². The zero-order chi connectivity index (χ0) is 24.1. The van der Waals surface area contributed by atoms with Crippen LogP contribution in [0.1, 0.15) is 45.5 Å². The molecule has 4 rings (SSSR count). The third kappa shape index (κ3) is 5.30. The first kappa shape index (κ1) is 23.5. The summed E-state index contributed by atoms with van der Waals surface area (Å²) in [4.78, 5) is 47.2. The Morgan fingerprint density at radius 1 is 1.09 bits per heavy atom. The van der Waals surface area contributed by atoms with E-state index in [-0.39, 0.29) is 11.8 Å². The number of benzene rings is 1. The molecule has 2 aliphatic rings. The average molecular weight is 465 g/mol. The Kier molecular flexibility index (Phi) is 7.30. The molecule has 0 radical (unpaired) electrons. The molecule has 2 aliphatic heterocycles.